The van der Waals surface area contributed by atoms with E-state index in [1.54, 1.807) is 0 Å². The first-order valence-corrected chi connectivity index (χ1v) is 7.66. The molecule has 3 nitrogen and oxygen atoms in total. The van der Waals surface area contributed by atoms with Gasteiger partial charge >= 0.3 is 0 Å². The van der Waals surface area contributed by atoms with Gasteiger partial charge in [-0.25, -0.2) is 0 Å². The van der Waals surface area contributed by atoms with E-state index in [1.807, 2.05) is 25.1 Å². The predicted octanol–water partition coefficient (Wildman–Crippen LogP) is 4.50. The summed E-state index contributed by atoms with van der Waals surface area (Å²) >= 11 is 0. The summed E-state index contributed by atoms with van der Waals surface area (Å²) < 4.78 is 5.47. The number of pyridine rings is 1. The van der Waals surface area contributed by atoms with E-state index in [-0.39, 0.29) is 0 Å². The second kappa shape index (κ2) is 5.63. The van der Waals surface area contributed by atoms with Crippen molar-refractivity contribution in [1.82, 2.24) is 4.98 Å². The molecule has 2 rings (SSSR count). The number of aromatic nitrogens is 1. The van der Waals surface area contributed by atoms with Crippen LogP contribution in [-0.2, 0) is 0 Å². The number of hydrogen-bond donors (Lipinski definition) is 1. The van der Waals surface area contributed by atoms with Crippen molar-refractivity contribution in [1.29, 1.82) is 0 Å². The minimum atomic E-state index is 0.386. The van der Waals surface area contributed by atoms with Crippen molar-refractivity contribution in [2.75, 3.05) is 11.9 Å². The first-order chi connectivity index (χ1) is 9.30. The Hall–Kier alpha value is -1.25. The van der Waals surface area contributed by atoms with Crippen LogP contribution in [0.2, 0.25) is 0 Å². The molecule has 1 aromatic rings. The average Bonchev–Trinajstić information content (AvgIpc) is 2.25. The molecule has 1 aliphatic rings. The van der Waals surface area contributed by atoms with E-state index in [4.69, 9.17) is 4.74 Å². The van der Waals surface area contributed by atoms with Crippen LogP contribution in [0.5, 0.6) is 5.88 Å². The van der Waals surface area contributed by atoms with Crippen LogP contribution in [0, 0.1) is 10.8 Å². The molecule has 1 heterocycles. The third-order valence-electron chi connectivity index (χ3n) is 3.92. The first-order valence-electron chi connectivity index (χ1n) is 7.66. The van der Waals surface area contributed by atoms with E-state index in [0.717, 1.165) is 5.82 Å². The number of nitrogens with one attached hydrogen (secondary N) is 1. The van der Waals surface area contributed by atoms with Gasteiger partial charge in [-0.05, 0) is 43.1 Å². The van der Waals surface area contributed by atoms with E-state index < -0.39 is 0 Å². The maximum atomic E-state index is 5.47. The van der Waals surface area contributed by atoms with Crippen LogP contribution in [0.1, 0.15) is 53.9 Å². The zero-order chi connectivity index (χ0) is 14.8. The largest absolute Gasteiger partial charge is 0.478 e. The van der Waals surface area contributed by atoms with Crippen molar-refractivity contribution in [2.45, 2.75) is 59.9 Å². The highest BCUT2D eigenvalue weighted by Gasteiger charge is 2.38. The molecule has 0 unspecified atom stereocenters. The summed E-state index contributed by atoms with van der Waals surface area (Å²) in [5.41, 5.74) is 0.772. The lowest BCUT2D eigenvalue weighted by molar-refractivity contribution is 0.105. The van der Waals surface area contributed by atoms with Crippen LogP contribution in [0.4, 0.5) is 5.82 Å². The maximum Gasteiger partial charge on any atom is 0.215 e. The first kappa shape index (κ1) is 15.1. The highest BCUT2D eigenvalue weighted by molar-refractivity contribution is 5.38. The second-order valence-electron chi connectivity index (χ2n) is 7.55. The molecule has 0 aromatic carbocycles. The van der Waals surface area contributed by atoms with Crippen molar-refractivity contribution in [3.8, 4) is 5.88 Å². The van der Waals surface area contributed by atoms with E-state index in [1.165, 1.54) is 19.3 Å². The van der Waals surface area contributed by atoms with Crippen LogP contribution >= 0.6 is 0 Å². The molecular formula is C17H28N2O. The number of anilines is 1. The maximum absolute atomic E-state index is 5.47. The Bertz CT molecular complexity index is 438. The lowest BCUT2D eigenvalue weighted by atomic mass is 9.63. The van der Waals surface area contributed by atoms with Crippen LogP contribution in [0.3, 0.4) is 0 Å². The van der Waals surface area contributed by atoms with E-state index in [2.05, 4.69) is 38.0 Å². The summed E-state index contributed by atoms with van der Waals surface area (Å²) in [7, 11) is 0. The highest BCUT2D eigenvalue weighted by Crippen LogP contribution is 2.46. The molecule has 1 fully saturated rings. The Kier molecular flexibility index (Phi) is 4.26. The van der Waals surface area contributed by atoms with Gasteiger partial charge in [0.2, 0.25) is 5.88 Å². The smallest absolute Gasteiger partial charge is 0.215 e. The third kappa shape index (κ3) is 4.12. The van der Waals surface area contributed by atoms with Gasteiger partial charge in [0.1, 0.15) is 5.82 Å². The zero-order valence-electron chi connectivity index (χ0n) is 13.5. The normalized spacial score (nSPS) is 21.4. The minimum Gasteiger partial charge on any atom is -0.478 e. The van der Waals surface area contributed by atoms with Crippen LogP contribution in [0.25, 0.3) is 0 Å². The second-order valence-corrected chi connectivity index (χ2v) is 7.55. The molecule has 0 radical (unpaired) electrons. The molecule has 1 N–H and O–H groups in total. The molecule has 1 aliphatic carbocycles. The summed E-state index contributed by atoms with van der Waals surface area (Å²) in [6.07, 6.45) is 3.67. The molecular weight excluding hydrogens is 248 g/mol. The zero-order valence-corrected chi connectivity index (χ0v) is 13.5. The molecule has 3 heteroatoms. The SMILES string of the molecule is CCOc1cccc(NC2CC(C)(C)CC(C)(C)C2)n1. The van der Waals surface area contributed by atoms with Gasteiger partial charge in [-0.1, -0.05) is 33.8 Å². The molecule has 0 amide bonds. The summed E-state index contributed by atoms with van der Waals surface area (Å²) in [5, 5.41) is 3.60. The fourth-order valence-corrected chi connectivity index (χ4v) is 3.88. The molecule has 1 aromatic heterocycles. The minimum absolute atomic E-state index is 0.386. The van der Waals surface area contributed by atoms with Gasteiger partial charge in [0.25, 0.3) is 0 Å². The summed E-state index contributed by atoms with van der Waals surface area (Å²) in [6, 6.07) is 6.41. The number of rotatable bonds is 4. The van der Waals surface area contributed by atoms with Crippen molar-refractivity contribution in [2.24, 2.45) is 10.8 Å². The van der Waals surface area contributed by atoms with E-state index in [9.17, 15) is 0 Å². The van der Waals surface area contributed by atoms with Gasteiger partial charge < -0.3 is 10.1 Å². The van der Waals surface area contributed by atoms with Crippen molar-refractivity contribution in [3.63, 3.8) is 0 Å². The quantitative estimate of drug-likeness (QED) is 0.879. The molecule has 0 spiro atoms. The van der Waals surface area contributed by atoms with Gasteiger partial charge in [-0.2, -0.15) is 4.98 Å². The number of ether oxygens (including phenoxy) is 1. The van der Waals surface area contributed by atoms with E-state index in [0.29, 0.717) is 29.4 Å². The molecule has 0 bridgehead atoms. The molecule has 20 heavy (non-hydrogen) atoms. The fraction of sp³-hybridized carbons (Fsp3) is 0.706. The van der Waals surface area contributed by atoms with Gasteiger partial charge in [0.15, 0.2) is 0 Å². The van der Waals surface area contributed by atoms with E-state index >= 15 is 0 Å². The van der Waals surface area contributed by atoms with Crippen molar-refractivity contribution < 1.29 is 4.74 Å². The van der Waals surface area contributed by atoms with Crippen LogP contribution in [0.15, 0.2) is 18.2 Å². The van der Waals surface area contributed by atoms with Gasteiger partial charge in [0.05, 0.1) is 6.61 Å². The van der Waals surface area contributed by atoms with Gasteiger partial charge in [-0.15, -0.1) is 0 Å². The summed E-state index contributed by atoms with van der Waals surface area (Å²) in [5.74, 6) is 1.63. The third-order valence-corrected chi connectivity index (χ3v) is 3.92. The topological polar surface area (TPSA) is 34.1 Å². The standard InChI is InChI=1S/C17H28N2O/c1-6-20-15-9-7-8-14(19-15)18-13-10-16(2,3)12-17(4,5)11-13/h7-9,13H,6,10-12H2,1-5H3,(H,18,19). The Morgan fingerprint density at radius 3 is 2.45 bits per heavy atom. The Morgan fingerprint density at radius 2 is 1.85 bits per heavy atom. The number of nitrogens with zero attached hydrogens (tertiary/aromatic N) is 1. The Balaban J connectivity index is 2.07. The molecule has 1 saturated carbocycles. The van der Waals surface area contributed by atoms with Crippen molar-refractivity contribution in [3.05, 3.63) is 18.2 Å². The predicted molar refractivity (Wildman–Crippen MR) is 84.2 cm³/mol. The number of hydrogen-bond acceptors (Lipinski definition) is 3. The molecule has 0 atom stereocenters. The van der Waals surface area contributed by atoms with Crippen LogP contribution in [-0.4, -0.2) is 17.6 Å². The lowest BCUT2D eigenvalue weighted by Crippen LogP contribution is -2.40. The van der Waals surface area contributed by atoms with Crippen LogP contribution < -0.4 is 10.1 Å². The monoisotopic (exact) mass is 276 g/mol. The lowest BCUT2D eigenvalue weighted by Gasteiger charge is -2.45. The van der Waals surface area contributed by atoms with Gasteiger partial charge in [0, 0.05) is 12.1 Å². The molecule has 112 valence electrons. The van der Waals surface area contributed by atoms with Gasteiger partial charge in [-0.3, -0.25) is 0 Å². The Labute approximate surface area is 123 Å². The van der Waals surface area contributed by atoms with Crippen molar-refractivity contribution >= 4 is 5.82 Å². The molecule has 0 aliphatic heterocycles. The summed E-state index contributed by atoms with van der Waals surface area (Å²) in [4.78, 5) is 4.52. The molecule has 0 saturated heterocycles. The fourth-order valence-electron chi connectivity index (χ4n) is 3.88. The Morgan fingerprint density at radius 1 is 1.20 bits per heavy atom. The summed E-state index contributed by atoms with van der Waals surface area (Å²) in [6.45, 7) is 12.1. The average molecular weight is 276 g/mol. The highest BCUT2D eigenvalue weighted by atomic mass is 16.5.